The number of anilines is 1. The first-order valence-corrected chi connectivity index (χ1v) is 7.53. The summed E-state index contributed by atoms with van der Waals surface area (Å²) in [5.41, 5.74) is 7.33. The average molecular weight is 340 g/mol. The van der Waals surface area contributed by atoms with Gasteiger partial charge in [0.2, 0.25) is 0 Å². The maximum absolute atomic E-state index is 12.1. The summed E-state index contributed by atoms with van der Waals surface area (Å²) in [7, 11) is 0. The van der Waals surface area contributed by atoms with Gasteiger partial charge in [0.25, 0.3) is 5.91 Å². The smallest absolute Gasteiger partial charge is 0.255 e. The molecule has 0 saturated heterocycles. The highest BCUT2D eigenvalue weighted by molar-refractivity contribution is 9.10. The zero-order chi connectivity index (χ0) is 13.8. The third-order valence-electron chi connectivity index (χ3n) is 2.63. The lowest BCUT2D eigenvalue weighted by Crippen LogP contribution is -2.34. The number of nitrogen functional groups attached to an aromatic ring is 1. The van der Waals surface area contributed by atoms with E-state index in [1.807, 2.05) is 12.3 Å². The molecule has 0 fully saturated rings. The van der Waals surface area contributed by atoms with Gasteiger partial charge in [-0.25, -0.2) is 4.98 Å². The molecule has 0 aliphatic carbocycles. The molecule has 0 aliphatic heterocycles. The average Bonchev–Trinajstić information content (AvgIpc) is 2.84. The maximum atomic E-state index is 12.1. The van der Waals surface area contributed by atoms with Crippen LogP contribution in [0.2, 0.25) is 0 Å². The molecule has 3 N–H and O–H groups in total. The second-order valence-corrected chi connectivity index (χ2v) is 5.99. The van der Waals surface area contributed by atoms with Gasteiger partial charge in [-0.2, -0.15) is 11.3 Å². The van der Waals surface area contributed by atoms with Crippen LogP contribution in [0.15, 0.2) is 33.6 Å². The molecular weight excluding hydrogens is 326 g/mol. The summed E-state index contributed by atoms with van der Waals surface area (Å²) in [6, 6.07) is 3.78. The molecule has 2 aromatic heterocycles. The lowest BCUT2D eigenvalue weighted by molar-refractivity contribution is 0.0940. The van der Waals surface area contributed by atoms with Gasteiger partial charge < -0.3 is 11.1 Å². The van der Waals surface area contributed by atoms with E-state index in [2.05, 4.69) is 37.7 Å². The monoisotopic (exact) mass is 339 g/mol. The van der Waals surface area contributed by atoms with Gasteiger partial charge in [0.15, 0.2) is 0 Å². The van der Waals surface area contributed by atoms with E-state index < -0.39 is 0 Å². The number of nitrogens with two attached hydrogens (primary N) is 1. The van der Waals surface area contributed by atoms with E-state index in [0.717, 1.165) is 10.9 Å². The molecule has 2 heterocycles. The van der Waals surface area contributed by atoms with Crippen LogP contribution < -0.4 is 11.1 Å². The number of carbonyl (C=O) groups excluding carboxylic acids is 1. The van der Waals surface area contributed by atoms with Crippen LogP contribution in [-0.2, 0) is 6.42 Å². The quantitative estimate of drug-likeness (QED) is 0.899. The molecular formula is C13H14BrN3OS. The highest BCUT2D eigenvalue weighted by Gasteiger charge is 2.14. The third-order valence-corrected chi connectivity index (χ3v) is 3.79. The second-order valence-electron chi connectivity index (χ2n) is 4.30. The molecule has 0 aliphatic rings. The van der Waals surface area contributed by atoms with Crippen LogP contribution in [-0.4, -0.2) is 16.9 Å². The predicted octanol–water partition coefficient (Wildman–Crippen LogP) is 2.85. The van der Waals surface area contributed by atoms with Crippen molar-refractivity contribution in [2.45, 2.75) is 19.4 Å². The van der Waals surface area contributed by atoms with E-state index >= 15 is 0 Å². The zero-order valence-corrected chi connectivity index (χ0v) is 12.8. The summed E-state index contributed by atoms with van der Waals surface area (Å²) < 4.78 is 0.734. The van der Waals surface area contributed by atoms with E-state index in [1.54, 1.807) is 23.6 Å². The second kappa shape index (κ2) is 6.16. The summed E-state index contributed by atoms with van der Waals surface area (Å²) in [5, 5.41) is 7.04. The van der Waals surface area contributed by atoms with Crippen LogP contribution in [0.25, 0.3) is 0 Å². The largest absolute Gasteiger partial charge is 0.383 e. The number of halogens is 1. The normalized spacial score (nSPS) is 12.1. The van der Waals surface area contributed by atoms with Gasteiger partial charge in [0.05, 0.1) is 5.56 Å². The highest BCUT2D eigenvalue weighted by Crippen LogP contribution is 2.16. The maximum Gasteiger partial charge on any atom is 0.255 e. The fourth-order valence-electron chi connectivity index (χ4n) is 1.75. The summed E-state index contributed by atoms with van der Waals surface area (Å²) in [6.45, 7) is 1.97. The van der Waals surface area contributed by atoms with Crippen LogP contribution >= 0.6 is 27.3 Å². The number of nitrogens with one attached hydrogen (secondary N) is 1. The number of thiophene rings is 1. The van der Waals surface area contributed by atoms with E-state index in [9.17, 15) is 4.79 Å². The number of nitrogens with zero attached hydrogens (tertiary/aromatic N) is 1. The molecule has 100 valence electrons. The van der Waals surface area contributed by atoms with Gasteiger partial charge in [-0.05, 0) is 57.7 Å². The first-order chi connectivity index (χ1) is 9.06. The van der Waals surface area contributed by atoms with E-state index in [0.29, 0.717) is 5.56 Å². The summed E-state index contributed by atoms with van der Waals surface area (Å²) in [4.78, 5) is 16.1. The Morgan fingerprint density at radius 3 is 3.11 bits per heavy atom. The topological polar surface area (TPSA) is 68.0 Å². The molecule has 2 aromatic rings. The molecule has 0 bridgehead atoms. The van der Waals surface area contributed by atoms with Crippen molar-refractivity contribution >= 4 is 39.0 Å². The number of hydrogen-bond donors (Lipinski definition) is 2. The molecule has 1 amide bonds. The number of amides is 1. The number of aromatic nitrogens is 1. The summed E-state index contributed by atoms with van der Waals surface area (Å²) in [6.07, 6.45) is 2.37. The van der Waals surface area contributed by atoms with Crippen LogP contribution in [0.4, 0.5) is 5.82 Å². The molecule has 2 rings (SSSR count). The van der Waals surface area contributed by atoms with Gasteiger partial charge in [0.1, 0.15) is 5.82 Å². The summed E-state index contributed by atoms with van der Waals surface area (Å²) in [5.74, 6) is 0.0393. The van der Waals surface area contributed by atoms with Crippen LogP contribution in [0.5, 0.6) is 0 Å². The highest BCUT2D eigenvalue weighted by atomic mass is 79.9. The standard InChI is InChI=1S/C13H14BrN3OS/c1-8(4-9-2-3-19-7-9)17-13(18)11-5-10(14)6-16-12(11)15/h2-3,5-8H,4H2,1H3,(H2,15,16)(H,17,18). The Morgan fingerprint density at radius 2 is 2.42 bits per heavy atom. The van der Waals surface area contributed by atoms with Crippen molar-refractivity contribution in [3.05, 3.63) is 44.7 Å². The van der Waals surface area contributed by atoms with Gasteiger partial charge in [-0.1, -0.05) is 0 Å². The minimum atomic E-state index is -0.200. The third kappa shape index (κ3) is 3.78. The zero-order valence-electron chi connectivity index (χ0n) is 10.4. The molecule has 4 nitrogen and oxygen atoms in total. The fourth-order valence-corrected chi connectivity index (χ4v) is 2.76. The molecule has 1 atom stereocenters. The van der Waals surface area contributed by atoms with Crippen molar-refractivity contribution in [2.75, 3.05) is 5.73 Å². The summed E-state index contributed by atoms with van der Waals surface area (Å²) >= 11 is 4.94. The van der Waals surface area contributed by atoms with Gasteiger partial charge >= 0.3 is 0 Å². The van der Waals surface area contributed by atoms with Crippen LogP contribution in [0.1, 0.15) is 22.8 Å². The minimum absolute atomic E-state index is 0.0421. The fraction of sp³-hybridized carbons (Fsp3) is 0.231. The number of rotatable bonds is 4. The molecule has 0 spiro atoms. The van der Waals surface area contributed by atoms with Crippen molar-refractivity contribution in [3.63, 3.8) is 0 Å². The van der Waals surface area contributed by atoms with Crippen LogP contribution in [0, 0.1) is 0 Å². The predicted molar refractivity (Wildman–Crippen MR) is 81.3 cm³/mol. The van der Waals surface area contributed by atoms with Gasteiger partial charge in [-0.15, -0.1) is 0 Å². The Bertz CT molecular complexity index is 571. The van der Waals surface area contributed by atoms with E-state index in [-0.39, 0.29) is 17.8 Å². The van der Waals surface area contributed by atoms with Gasteiger partial charge in [0, 0.05) is 16.7 Å². The van der Waals surface area contributed by atoms with Crippen molar-refractivity contribution < 1.29 is 4.79 Å². The number of hydrogen-bond acceptors (Lipinski definition) is 4. The van der Waals surface area contributed by atoms with E-state index in [1.165, 1.54) is 5.56 Å². The Hall–Kier alpha value is -1.40. The van der Waals surface area contributed by atoms with E-state index in [4.69, 9.17) is 5.73 Å². The van der Waals surface area contributed by atoms with Crippen molar-refractivity contribution in [1.29, 1.82) is 0 Å². The molecule has 0 saturated carbocycles. The SMILES string of the molecule is CC(Cc1ccsc1)NC(=O)c1cc(Br)cnc1N. The molecule has 0 radical (unpaired) electrons. The number of pyridine rings is 1. The lowest BCUT2D eigenvalue weighted by Gasteiger charge is -2.14. The molecule has 19 heavy (non-hydrogen) atoms. The lowest BCUT2D eigenvalue weighted by atomic mass is 10.1. The molecule has 1 unspecified atom stereocenters. The Balaban J connectivity index is 2.02. The van der Waals surface area contributed by atoms with Gasteiger partial charge in [-0.3, -0.25) is 4.79 Å². The first-order valence-electron chi connectivity index (χ1n) is 5.79. The van der Waals surface area contributed by atoms with Crippen molar-refractivity contribution in [3.8, 4) is 0 Å². The minimum Gasteiger partial charge on any atom is -0.383 e. The van der Waals surface area contributed by atoms with Crippen LogP contribution in [0.3, 0.4) is 0 Å². The first kappa shape index (κ1) is 14.0. The van der Waals surface area contributed by atoms with Crippen molar-refractivity contribution in [1.82, 2.24) is 10.3 Å². The Kier molecular flexibility index (Phi) is 4.55. The Morgan fingerprint density at radius 1 is 1.63 bits per heavy atom. The molecule has 6 heteroatoms. The Labute approximate surface area is 124 Å². The molecule has 0 aromatic carbocycles. The van der Waals surface area contributed by atoms with Crippen molar-refractivity contribution in [2.24, 2.45) is 0 Å². The number of carbonyl (C=O) groups is 1.